The molecule has 0 saturated carbocycles. The van der Waals surface area contributed by atoms with Gasteiger partial charge in [0.1, 0.15) is 0 Å². The number of nitrogens with two attached hydrogens (primary N) is 1. The van der Waals surface area contributed by atoms with Gasteiger partial charge in [-0.25, -0.2) is 0 Å². The number of hydrogen-bond donors (Lipinski definition) is 2. The summed E-state index contributed by atoms with van der Waals surface area (Å²) in [5.74, 6) is 0.0973. The van der Waals surface area contributed by atoms with Crippen molar-refractivity contribution in [3.63, 3.8) is 0 Å². The molecule has 2 aromatic rings. The van der Waals surface area contributed by atoms with E-state index in [-0.39, 0.29) is 18.0 Å². The summed E-state index contributed by atoms with van der Waals surface area (Å²) in [5.41, 5.74) is 7.74. The third-order valence-electron chi connectivity index (χ3n) is 4.23. The van der Waals surface area contributed by atoms with Gasteiger partial charge in [0.15, 0.2) is 0 Å². The molecule has 106 valence electrons. The Kier molecular flexibility index (Phi) is 3.49. The minimum atomic E-state index is 0.0158. The SMILES string of the molecule is CC(N)C1CCCCN1C(=O)c1cccc2cc[nH]c12. The molecule has 0 radical (unpaired) electrons. The topological polar surface area (TPSA) is 62.1 Å². The number of piperidine rings is 1. The number of rotatable bonds is 2. The molecule has 4 nitrogen and oxygen atoms in total. The Hall–Kier alpha value is -1.81. The van der Waals surface area contributed by atoms with Crippen LogP contribution in [-0.2, 0) is 0 Å². The number of aromatic amines is 1. The zero-order valence-corrected chi connectivity index (χ0v) is 11.8. The van der Waals surface area contributed by atoms with Gasteiger partial charge in [-0.05, 0) is 38.3 Å². The molecule has 2 atom stereocenters. The highest BCUT2D eigenvalue weighted by atomic mass is 16.2. The van der Waals surface area contributed by atoms with E-state index in [1.807, 2.05) is 42.3 Å². The fourth-order valence-corrected chi connectivity index (χ4v) is 3.17. The fourth-order valence-electron chi connectivity index (χ4n) is 3.17. The van der Waals surface area contributed by atoms with Crippen LogP contribution >= 0.6 is 0 Å². The van der Waals surface area contributed by atoms with Crippen molar-refractivity contribution in [2.24, 2.45) is 5.73 Å². The number of carbonyl (C=O) groups excluding carboxylic acids is 1. The van der Waals surface area contributed by atoms with Gasteiger partial charge in [-0.3, -0.25) is 4.79 Å². The number of fused-ring (bicyclic) bond motifs is 1. The molecule has 3 rings (SSSR count). The van der Waals surface area contributed by atoms with Crippen molar-refractivity contribution in [2.45, 2.75) is 38.3 Å². The van der Waals surface area contributed by atoms with Crippen LogP contribution in [0, 0.1) is 0 Å². The second-order valence-corrected chi connectivity index (χ2v) is 5.67. The first-order chi connectivity index (χ1) is 9.68. The standard InChI is InChI=1S/C16H21N3O/c1-11(17)14-7-2-3-10-19(14)16(20)13-6-4-5-12-8-9-18-15(12)13/h4-6,8-9,11,14,18H,2-3,7,10,17H2,1H3. The number of nitrogens with zero attached hydrogens (tertiary/aromatic N) is 1. The minimum Gasteiger partial charge on any atom is -0.361 e. The first-order valence-corrected chi connectivity index (χ1v) is 7.31. The van der Waals surface area contributed by atoms with Crippen molar-refractivity contribution in [1.82, 2.24) is 9.88 Å². The number of likely N-dealkylation sites (tertiary alicyclic amines) is 1. The second kappa shape index (κ2) is 5.29. The van der Waals surface area contributed by atoms with Crippen LogP contribution in [0.25, 0.3) is 10.9 Å². The fraction of sp³-hybridized carbons (Fsp3) is 0.438. The highest BCUT2D eigenvalue weighted by Gasteiger charge is 2.30. The number of nitrogens with one attached hydrogen (secondary N) is 1. The van der Waals surface area contributed by atoms with Gasteiger partial charge in [0.05, 0.1) is 11.1 Å². The summed E-state index contributed by atoms with van der Waals surface area (Å²) in [6, 6.07) is 8.01. The van der Waals surface area contributed by atoms with Crippen molar-refractivity contribution in [3.8, 4) is 0 Å². The molecule has 0 aliphatic carbocycles. The maximum atomic E-state index is 12.9. The third kappa shape index (κ3) is 2.20. The van der Waals surface area contributed by atoms with Crippen LogP contribution in [0.4, 0.5) is 0 Å². The average molecular weight is 271 g/mol. The Labute approximate surface area is 118 Å². The smallest absolute Gasteiger partial charge is 0.256 e. The number of hydrogen-bond acceptors (Lipinski definition) is 2. The molecule has 1 saturated heterocycles. The van der Waals surface area contributed by atoms with E-state index in [0.717, 1.165) is 42.3 Å². The van der Waals surface area contributed by atoms with Crippen LogP contribution < -0.4 is 5.73 Å². The first-order valence-electron chi connectivity index (χ1n) is 7.31. The predicted molar refractivity (Wildman–Crippen MR) is 80.6 cm³/mol. The molecule has 2 heterocycles. The van der Waals surface area contributed by atoms with Gasteiger partial charge in [0.25, 0.3) is 5.91 Å². The number of H-pyrrole nitrogens is 1. The highest BCUT2D eigenvalue weighted by Crippen LogP contribution is 2.24. The Bertz CT molecular complexity index is 617. The second-order valence-electron chi connectivity index (χ2n) is 5.67. The average Bonchev–Trinajstić information content (AvgIpc) is 2.94. The molecule has 0 bridgehead atoms. The van der Waals surface area contributed by atoms with Crippen LogP contribution in [0.1, 0.15) is 36.5 Å². The monoisotopic (exact) mass is 271 g/mol. The zero-order chi connectivity index (χ0) is 14.1. The van der Waals surface area contributed by atoms with Crippen molar-refractivity contribution in [3.05, 3.63) is 36.0 Å². The minimum absolute atomic E-state index is 0.0158. The van der Waals surface area contributed by atoms with Crippen LogP contribution in [0.15, 0.2) is 30.5 Å². The molecule has 1 aliphatic rings. The van der Waals surface area contributed by atoms with E-state index in [1.165, 1.54) is 0 Å². The summed E-state index contributed by atoms with van der Waals surface area (Å²) < 4.78 is 0. The van der Waals surface area contributed by atoms with Gasteiger partial charge in [-0.2, -0.15) is 0 Å². The van der Waals surface area contributed by atoms with Gasteiger partial charge in [-0.15, -0.1) is 0 Å². The van der Waals surface area contributed by atoms with E-state index in [1.54, 1.807) is 0 Å². The summed E-state index contributed by atoms with van der Waals surface area (Å²) >= 11 is 0. The lowest BCUT2D eigenvalue weighted by Gasteiger charge is -2.38. The third-order valence-corrected chi connectivity index (χ3v) is 4.23. The largest absolute Gasteiger partial charge is 0.361 e. The first kappa shape index (κ1) is 13.2. The van der Waals surface area contributed by atoms with Gasteiger partial charge < -0.3 is 15.6 Å². The summed E-state index contributed by atoms with van der Waals surface area (Å²) in [7, 11) is 0. The van der Waals surface area contributed by atoms with Crippen LogP contribution in [0.2, 0.25) is 0 Å². The molecular formula is C16H21N3O. The van der Waals surface area contributed by atoms with Gasteiger partial charge in [-0.1, -0.05) is 12.1 Å². The Morgan fingerprint density at radius 2 is 2.25 bits per heavy atom. The van der Waals surface area contributed by atoms with E-state index < -0.39 is 0 Å². The molecule has 2 unspecified atom stereocenters. The molecule has 1 aromatic heterocycles. The van der Waals surface area contributed by atoms with E-state index in [2.05, 4.69) is 4.98 Å². The molecule has 20 heavy (non-hydrogen) atoms. The molecular weight excluding hydrogens is 250 g/mol. The Morgan fingerprint density at radius 1 is 1.40 bits per heavy atom. The molecule has 3 N–H and O–H groups in total. The van der Waals surface area contributed by atoms with E-state index in [0.29, 0.717) is 0 Å². The summed E-state index contributed by atoms with van der Waals surface area (Å²) in [4.78, 5) is 18.0. The van der Waals surface area contributed by atoms with Gasteiger partial charge in [0, 0.05) is 30.2 Å². The van der Waals surface area contributed by atoms with Crippen LogP contribution in [-0.4, -0.2) is 34.4 Å². The number of para-hydroxylation sites is 1. The van der Waals surface area contributed by atoms with Crippen molar-refractivity contribution >= 4 is 16.8 Å². The molecule has 0 spiro atoms. The quantitative estimate of drug-likeness (QED) is 0.881. The lowest BCUT2D eigenvalue weighted by molar-refractivity contribution is 0.0585. The zero-order valence-electron chi connectivity index (χ0n) is 11.8. The van der Waals surface area contributed by atoms with E-state index in [4.69, 9.17) is 5.73 Å². The molecule has 1 aromatic carbocycles. The maximum Gasteiger partial charge on any atom is 0.256 e. The maximum absolute atomic E-state index is 12.9. The Balaban J connectivity index is 1.96. The Morgan fingerprint density at radius 3 is 3.05 bits per heavy atom. The number of benzene rings is 1. The number of carbonyl (C=O) groups is 1. The van der Waals surface area contributed by atoms with Crippen molar-refractivity contribution < 1.29 is 4.79 Å². The van der Waals surface area contributed by atoms with Gasteiger partial charge in [0.2, 0.25) is 0 Å². The number of amides is 1. The summed E-state index contributed by atoms with van der Waals surface area (Å²) in [5, 5.41) is 1.07. The predicted octanol–water partition coefficient (Wildman–Crippen LogP) is 2.51. The lowest BCUT2D eigenvalue weighted by Crippen LogP contribution is -2.51. The summed E-state index contributed by atoms with van der Waals surface area (Å²) in [6.45, 7) is 2.80. The molecule has 4 heteroatoms. The normalized spacial score (nSPS) is 21.1. The molecule has 1 amide bonds. The highest BCUT2D eigenvalue weighted by molar-refractivity contribution is 6.05. The molecule has 1 fully saturated rings. The van der Waals surface area contributed by atoms with Crippen LogP contribution in [0.3, 0.4) is 0 Å². The van der Waals surface area contributed by atoms with Crippen LogP contribution in [0.5, 0.6) is 0 Å². The van der Waals surface area contributed by atoms with Gasteiger partial charge >= 0.3 is 0 Å². The van der Waals surface area contributed by atoms with Crippen molar-refractivity contribution in [1.29, 1.82) is 0 Å². The van der Waals surface area contributed by atoms with Crippen molar-refractivity contribution in [2.75, 3.05) is 6.54 Å². The van der Waals surface area contributed by atoms with E-state index >= 15 is 0 Å². The molecule has 1 aliphatic heterocycles. The summed E-state index contributed by atoms with van der Waals surface area (Å²) in [6.07, 6.45) is 5.10. The number of aromatic nitrogens is 1. The van der Waals surface area contributed by atoms with E-state index in [9.17, 15) is 4.79 Å². The lowest BCUT2D eigenvalue weighted by atomic mass is 9.95.